The molecule has 0 spiro atoms. The summed E-state index contributed by atoms with van der Waals surface area (Å²) in [7, 11) is -1.74. The van der Waals surface area contributed by atoms with Crippen molar-refractivity contribution in [1.82, 2.24) is 9.78 Å². The Kier molecular flexibility index (Phi) is 4.11. The van der Waals surface area contributed by atoms with Crippen molar-refractivity contribution >= 4 is 27.6 Å². The highest BCUT2D eigenvalue weighted by Gasteiger charge is 2.20. The molecule has 2 aromatic rings. The van der Waals surface area contributed by atoms with Gasteiger partial charge in [-0.05, 0) is 18.4 Å². The Labute approximate surface area is 126 Å². The van der Waals surface area contributed by atoms with Crippen LogP contribution in [0.3, 0.4) is 0 Å². The SMILES string of the molecule is CSc1c(-c2cc(C(=O)O)nn2C)cccc1S(C)(=O)=O. The Bertz CT molecular complexity index is 810. The zero-order chi connectivity index (χ0) is 15.8. The third-order valence-corrected chi connectivity index (χ3v) is 5.07. The number of aromatic carboxylic acids is 1. The maximum absolute atomic E-state index is 11.9. The zero-order valence-electron chi connectivity index (χ0n) is 11.7. The van der Waals surface area contributed by atoms with Crippen LogP contribution >= 0.6 is 11.8 Å². The summed E-state index contributed by atoms with van der Waals surface area (Å²) < 4.78 is 25.2. The Morgan fingerprint density at radius 1 is 1.38 bits per heavy atom. The molecule has 6 nitrogen and oxygen atoms in total. The summed E-state index contributed by atoms with van der Waals surface area (Å²) in [5.74, 6) is -1.12. The Balaban J connectivity index is 2.73. The number of thioether (sulfide) groups is 1. The average molecular weight is 326 g/mol. The van der Waals surface area contributed by atoms with E-state index in [1.807, 2.05) is 0 Å². The summed E-state index contributed by atoms with van der Waals surface area (Å²) in [6.07, 6.45) is 2.93. The van der Waals surface area contributed by atoms with Crippen LogP contribution in [0.15, 0.2) is 34.1 Å². The highest BCUT2D eigenvalue weighted by Crippen LogP contribution is 2.35. The summed E-state index contributed by atoms with van der Waals surface area (Å²) in [6, 6.07) is 6.37. The highest BCUT2D eigenvalue weighted by molar-refractivity contribution is 7.99. The molecule has 1 aromatic carbocycles. The van der Waals surface area contributed by atoms with Gasteiger partial charge in [-0.1, -0.05) is 12.1 Å². The van der Waals surface area contributed by atoms with Crippen LogP contribution in [0.2, 0.25) is 0 Å². The molecule has 1 aromatic heterocycles. The number of carbonyl (C=O) groups is 1. The first-order valence-electron chi connectivity index (χ1n) is 5.90. The van der Waals surface area contributed by atoms with Crippen LogP contribution < -0.4 is 0 Å². The lowest BCUT2D eigenvalue weighted by Crippen LogP contribution is -2.02. The van der Waals surface area contributed by atoms with Gasteiger partial charge in [0.1, 0.15) is 0 Å². The van der Waals surface area contributed by atoms with Crippen molar-refractivity contribution in [2.75, 3.05) is 12.5 Å². The van der Waals surface area contributed by atoms with Crippen molar-refractivity contribution < 1.29 is 18.3 Å². The molecule has 0 radical (unpaired) electrons. The number of rotatable bonds is 4. The third kappa shape index (κ3) is 2.96. The maximum Gasteiger partial charge on any atom is 0.356 e. The van der Waals surface area contributed by atoms with Gasteiger partial charge in [0.2, 0.25) is 0 Å². The minimum atomic E-state index is -3.37. The molecule has 1 N–H and O–H groups in total. The van der Waals surface area contributed by atoms with Crippen LogP contribution in [0.5, 0.6) is 0 Å². The highest BCUT2D eigenvalue weighted by atomic mass is 32.2. The van der Waals surface area contributed by atoms with Crippen LogP contribution in [-0.2, 0) is 16.9 Å². The third-order valence-electron chi connectivity index (χ3n) is 2.96. The molecule has 0 aliphatic heterocycles. The molecule has 0 atom stereocenters. The van der Waals surface area contributed by atoms with E-state index in [0.717, 1.165) is 6.26 Å². The Morgan fingerprint density at radius 2 is 2.05 bits per heavy atom. The molecule has 0 amide bonds. The Hall–Kier alpha value is -1.80. The number of carboxylic acids is 1. The standard InChI is InChI=1S/C13H14N2O4S2/c1-15-10(7-9(14-15)13(16)17)8-5-4-6-11(12(8)20-2)21(3,18)19/h4-7H,1-3H3,(H,16,17). The largest absolute Gasteiger partial charge is 0.476 e. The summed E-state index contributed by atoms with van der Waals surface area (Å²) in [5, 5.41) is 12.9. The van der Waals surface area contributed by atoms with E-state index in [2.05, 4.69) is 5.10 Å². The molecule has 8 heteroatoms. The van der Waals surface area contributed by atoms with Crippen molar-refractivity contribution in [2.45, 2.75) is 9.79 Å². The summed E-state index contributed by atoms with van der Waals surface area (Å²) in [6.45, 7) is 0. The van der Waals surface area contributed by atoms with Gasteiger partial charge in [-0.2, -0.15) is 5.10 Å². The maximum atomic E-state index is 11.9. The van der Waals surface area contributed by atoms with Gasteiger partial charge < -0.3 is 5.11 Å². The molecule has 21 heavy (non-hydrogen) atoms. The number of hydrogen-bond acceptors (Lipinski definition) is 5. The molecule has 112 valence electrons. The van der Waals surface area contributed by atoms with Gasteiger partial charge >= 0.3 is 5.97 Å². The molecule has 1 heterocycles. The molecule has 0 aliphatic rings. The summed E-state index contributed by atoms with van der Waals surface area (Å²) in [5.41, 5.74) is 1.12. The average Bonchev–Trinajstić information content (AvgIpc) is 2.79. The first kappa shape index (κ1) is 15.6. The van der Waals surface area contributed by atoms with E-state index >= 15 is 0 Å². The minimum absolute atomic E-state index is 0.0793. The van der Waals surface area contributed by atoms with Gasteiger partial charge in [0, 0.05) is 23.8 Å². The van der Waals surface area contributed by atoms with Gasteiger partial charge in [-0.25, -0.2) is 13.2 Å². The van der Waals surface area contributed by atoms with Crippen LogP contribution in [-0.4, -0.2) is 41.8 Å². The second-order valence-electron chi connectivity index (χ2n) is 4.45. The van der Waals surface area contributed by atoms with Crippen LogP contribution in [0, 0.1) is 0 Å². The Morgan fingerprint density at radius 3 is 2.52 bits per heavy atom. The number of nitrogens with zero attached hydrogens (tertiary/aromatic N) is 2. The van der Waals surface area contributed by atoms with Crippen molar-refractivity contribution in [3.05, 3.63) is 30.0 Å². The fourth-order valence-corrected chi connectivity index (χ4v) is 4.18. The van der Waals surface area contributed by atoms with Crippen LogP contribution in [0.25, 0.3) is 11.3 Å². The molecular weight excluding hydrogens is 312 g/mol. The minimum Gasteiger partial charge on any atom is -0.476 e. The van der Waals surface area contributed by atoms with Gasteiger partial charge in [0.25, 0.3) is 0 Å². The van der Waals surface area contributed by atoms with Crippen molar-refractivity contribution in [3.63, 3.8) is 0 Å². The fraction of sp³-hybridized carbons (Fsp3) is 0.231. The molecule has 0 saturated carbocycles. The second-order valence-corrected chi connectivity index (χ2v) is 7.25. The van der Waals surface area contributed by atoms with Crippen molar-refractivity contribution in [1.29, 1.82) is 0 Å². The number of hydrogen-bond donors (Lipinski definition) is 1. The lowest BCUT2D eigenvalue weighted by atomic mass is 10.1. The van der Waals surface area contributed by atoms with E-state index in [-0.39, 0.29) is 10.6 Å². The number of carboxylic acid groups (broad SMARTS) is 1. The predicted octanol–water partition coefficient (Wildman–Crippen LogP) is 1.91. The van der Waals surface area contributed by atoms with E-state index in [0.29, 0.717) is 16.2 Å². The number of benzene rings is 1. The number of aryl methyl sites for hydroxylation is 1. The number of sulfone groups is 1. The van der Waals surface area contributed by atoms with Gasteiger partial charge in [0.15, 0.2) is 15.5 Å². The monoisotopic (exact) mass is 326 g/mol. The van der Waals surface area contributed by atoms with E-state index < -0.39 is 15.8 Å². The molecule has 0 aliphatic carbocycles. The molecule has 0 bridgehead atoms. The first-order valence-corrected chi connectivity index (χ1v) is 9.02. The smallest absolute Gasteiger partial charge is 0.356 e. The van der Waals surface area contributed by atoms with E-state index in [1.54, 1.807) is 31.5 Å². The summed E-state index contributed by atoms with van der Waals surface area (Å²) in [4.78, 5) is 11.8. The fourth-order valence-electron chi connectivity index (χ4n) is 2.04. The quantitative estimate of drug-likeness (QED) is 0.863. The predicted molar refractivity (Wildman–Crippen MR) is 80.5 cm³/mol. The topological polar surface area (TPSA) is 89.3 Å². The van der Waals surface area contributed by atoms with Crippen molar-refractivity contribution in [3.8, 4) is 11.3 Å². The van der Waals surface area contributed by atoms with Crippen LogP contribution in [0.4, 0.5) is 0 Å². The lowest BCUT2D eigenvalue weighted by molar-refractivity contribution is 0.0689. The zero-order valence-corrected chi connectivity index (χ0v) is 13.3. The van der Waals surface area contributed by atoms with Crippen molar-refractivity contribution in [2.24, 2.45) is 7.05 Å². The lowest BCUT2D eigenvalue weighted by Gasteiger charge is -2.11. The van der Waals surface area contributed by atoms with E-state index in [9.17, 15) is 13.2 Å². The van der Waals surface area contributed by atoms with Gasteiger partial charge in [-0.3, -0.25) is 4.68 Å². The molecule has 0 fully saturated rings. The van der Waals surface area contributed by atoms with Crippen LogP contribution in [0.1, 0.15) is 10.5 Å². The first-order chi connectivity index (χ1) is 9.75. The summed E-state index contributed by atoms with van der Waals surface area (Å²) >= 11 is 1.30. The molecular formula is C13H14N2O4S2. The number of aromatic nitrogens is 2. The molecule has 0 saturated heterocycles. The van der Waals surface area contributed by atoms with Gasteiger partial charge in [0.05, 0.1) is 10.6 Å². The van der Waals surface area contributed by atoms with E-state index in [1.165, 1.54) is 22.5 Å². The molecule has 0 unspecified atom stereocenters. The van der Waals surface area contributed by atoms with Gasteiger partial charge in [-0.15, -0.1) is 11.8 Å². The molecule has 2 rings (SSSR count). The second kappa shape index (κ2) is 5.53. The normalized spacial score (nSPS) is 11.6. The van der Waals surface area contributed by atoms with E-state index in [4.69, 9.17) is 5.11 Å².